The highest BCUT2D eigenvalue weighted by atomic mass is 127. The summed E-state index contributed by atoms with van der Waals surface area (Å²) >= 11 is 1.94. The standard InChI is InChI=1S/C8H6BrIO3/c9-6-1-2-7(10-13)5(3-6)4-8(11)12/h1-3H,4H2,(H,11,12). The van der Waals surface area contributed by atoms with Crippen molar-refractivity contribution in [1.82, 2.24) is 0 Å². The van der Waals surface area contributed by atoms with E-state index >= 15 is 0 Å². The van der Waals surface area contributed by atoms with Gasteiger partial charge in [-0.25, -0.2) is 0 Å². The van der Waals surface area contributed by atoms with E-state index in [9.17, 15) is 7.86 Å². The molecule has 0 saturated heterocycles. The second kappa shape index (κ2) is 4.80. The Morgan fingerprint density at radius 2 is 2.23 bits per heavy atom. The number of aliphatic carboxylic acids is 1. The van der Waals surface area contributed by atoms with Gasteiger partial charge in [-0.1, -0.05) is 15.9 Å². The smallest absolute Gasteiger partial charge is 0.307 e. The number of benzene rings is 1. The van der Waals surface area contributed by atoms with Gasteiger partial charge in [0.15, 0.2) is 21.2 Å². The molecule has 0 aliphatic heterocycles. The summed E-state index contributed by atoms with van der Waals surface area (Å²) in [6, 6.07) is 5.15. The van der Waals surface area contributed by atoms with Crippen molar-refractivity contribution in [2.24, 2.45) is 0 Å². The van der Waals surface area contributed by atoms with Gasteiger partial charge in [-0.15, -0.1) is 0 Å². The van der Waals surface area contributed by atoms with Gasteiger partial charge in [0.1, 0.15) is 0 Å². The number of carboxylic acid groups (broad SMARTS) is 1. The molecule has 0 unspecified atom stereocenters. The van der Waals surface area contributed by atoms with Gasteiger partial charge in [-0.3, -0.25) is 7.86 Å². The van der Waals surface area contributed by atoms with Crippen molar-refractivity contribution >= 4 is 43.1 Å². The fourth-order valence-electron chi connectivity index (χ4n) is 0.917. The Bertz CT molecular complexity index is 351. The van der Waals surface area contributed by atoms with E-state index in [4.69, 9.17) is 5.11 Å². The van der Waals surface area contributed by atoms with Gasteiger partial charge in [-0.05, 0) is 23.8 Å². The quantitative estimate of drug-likeness (QED) is 0.847. The van der Waals surface area contributed by atoms with Crippen molar-refractivity contribution in [1.29, 1.82) is 0 Å². The highest BCUT2D eigenvalue weighted by molar-refractivity contribution is 14.1. The van der Waals surface area contributed by atoms with E-state index in [1.54, 1.807) is 18.2 Å². The summed E-state index contributed by atoms with van der Waals surface area (Å²) in [5, 5.41) is 8.57. The molecule has 0 amide bonds. The second-order valence-electron chi connectivity index (χ2n) is 2.38. The molecule has 0 spiro atoms. The first-order valence-corrected chi connectivity index (χ1v) is 6.16. The number of halogens is 2. The first-order chi connectivity index (χ1) is 6.13. The van der Waals surface area contributed by atoms with Gasteiger partial charge in [0.25, 0.3) is 0 Å². The lowest BCUT2D eigenvalue weighted by molar-refractivity contribution is -0.136. The molecule has 0 aromatic heterocycles. The Labute approximate surface area is 93.9 Å². The van der Waals surface area contributed by atoms with Crippen LogP contribution in [0.4, 0.5) is 0 Å². The van der Waals surface area contributed by atoms with Gasteiger partial charge in [0, 0.05) is 4.47 Å². The van der Waals surface area contributed by atoms with E-state index in [1.165, 1.54) is 0 Å². The molecule has 70 valence electrons. The Kier molecular flexibility index (Phi) is 3.98. The molecule has 1 N–H and O–H groups in total. The van der Waals surface area contributed by atoms with Crippen LogP contribution >= 0.6 is 37.1 Å². The first kappa shape index (κ1) is 10.8. The Balaban J connectivity index is 3.07. The summed E-state index contributed by atoms with van der Waals surface area (Å²) in [6.07, 6.45) is -0.0727. The maximum Gasteiger partial charge on any atom is 0.307 e. The molecule has 0 radical (unpaired) electrons. The van der Waals surface area contributed by atoms with Crippen LogP contribution in [0, 0.1) is 3.57 Å². The zero-order valence-corrected chi connectivity index (χ0v) is 10.2. The summed E-state index contributed by atoms with van der Waals surface area (Å²) in [5.41, 5.74) is 0.629. The van der Waals surface area contributed by atoms with Gasteiger partial charge < -0.3 is 5.11 Å². The molecule has 0 bridgehead atoms. The molecule has 0 aliphatic rings. The minimum Gasteiger partial charge on any atom is -0.481 e. The minimum atomic E-state index is -1.29. The topological polar surface area (TPSA) is 54.4 Å². The predicted octanol–water partition coefficient (Wildman–Crippen LogP) is 2.56. The summed E-state index contributed by atoms with van der Waals surface area (Å²) < 4.78 is 12.2. The van der Waals surface area contributed by atoms with Crippen LogP contribution in [-0.4, -0.2) is 11.1 Å². The van der Waals surface area contributed by atoms with E-state index in [0.29, 0.717) is 9.13 Å². The van der Waals surface area contributed by atoms with E-state index < -0.39 is 27.2 Å². The molecular weight excluding hydrogens is 351 g/mol. The molecular formula is C8H6BrIO3. The van der Waals surface area contributed by atoms with E-state index in [2.05, 4.69) is 15.9 Å². The second-order valence-corrected chi connectivity index (χ2v) is 4.90. The molecule has 13 heavy (non-hydrogen) atoms. The maximum atomic E-state index is 10.7. The summed E-state index contributed by atoms with van der Waals surface area (Å²) in [6.45, 7) is 0. The Hall–Kier alpha value is -0.300. The lowest BCUT2D eigenvalue weighted by atomic mass is 10.2. The zero-order valence-electron chi connectivity index (χ0n) is 6.46. The van der Waals surface area contributed by atoms with Crippen molar-refractivity contribution in [3.05, 3.63) is 31.8 Å². The third-order valence-electron chi connectivity index (χ3n) is 1.43. The molecule has 1 aromatic carbocycles. The van der Waals surface area contributed by atoms with Crippen LogP contribution in [0.5, 0.6) is 0 Å². The summed E-state index contributed by atoms with van der Waals surface area (Å²) in [7, 11) is 0. The van der Waals surface area contributed by atoms with Crippen molar-refractivity contribution in [2.75, 3.05) is 0 Å². The van der Waals surface area contributed by atoms with E-state index in [-0.39, 0.29) is 6.42 Å². The average molecular weight is 357 g/mol. The SMILES string of the molecule is O=Ic1ccc(Br)cc1CC(=O)O. The minimum absolute atomic E-state index is 0.0727. The van der Waals surface area contributed by atoms with Crippen molar-refractivity contribution in [2.45, 2.75) is 6.42 Å². The first-order valence-electron chi connectivity index (χ1n) is 3.41. The molecule has 1 aromatic rings. The largest absolute Gasteiger partial charge is 0.481 e. The highest BCUT2D eigenvalue weighted by Crippen LogP contribution is 2.21. The fourth-order valence-corrected chi connectivity index (χ4v) is 2.28. The lowest BCUT2D eigenvalue weighted by Gasteiger charge is -2.00. The van der Waals surface area contributed by atoms with Crippen LogP contribution < -0.4 is 0 Å². The Morgan fingerprint density at radius 3 is 2.77 bits per heavy atom. The van der Waals surface area contributed by atoms with Crippen LogP contribution in [0.2, 0.25) is 0 Å². The van der Waals surface area contributed by atoms with Crippen LogP contribution in [0.3, 0.4) is 0 Å². The van der Waals surface area contributed by atoms with Crippen LogP contribution in [-0.2, 0) is 14.3 Å². The molecule has 0 heterocycles. The predicted molar refractivity (Wildman–Crippen MR) is 58.9 cm³/mol. The van der Waals surface area contributed by atoms with E-state index in [1.807, 2.05) is 0 Å². The van der Waals surface area contributed by atoms with Crippen LogP contribution in [0.25, 0.3) is 0 Å². The Morgan fingerprint density at radius 1 is 1.54 bits per heavy atom. The fraction of sp³-hybridized carbons (Fsp3) is 0.125. The van der Waals surface area contributed by atoms with Gasteiger partial charge in [-0.2, -0.15) is 0 Å². The van der Waals surface area contributed by atoms with Crippen molar-refractivity contribution in [3.8, 4) is 0 Å². The number of hydrogen-bond acceptors (Lipinski definition) is 2. The third kappa shape index (κ3) is 3.15. The van der Waals surface area contributed by atoms with E-state index in [0.717, 1.165) is 4.47 Å². The molecule has 0 saturated carbocycles. The van der Waals surface area contributed by atoms with Crippen molar-refractivity contribution < 1.29 is 13.0 Å². The molecule has 5 heteroatoms. The van der Waals surface area contributed by atoms with Crippen LogP contribution in [0.15, 0.2) is 22.7 Å². The number of carboxylic acids is 1. The lowest BCUT2D eigenvalue weighted by Crippen LogP contribution is -2.01. The van der Waals surface area contributed by atoms with Crippen molar-refractivity contribution in [3.63, 3.8) is 0 Å². The number of rotatable bonds is 3. The maximum absolute atomic E-state index is 10.7. The number of hydrogen-bond donors (Lipinski definition) is 1. The summed E-state index contributed by atoms with van der Waals surface area (Å²) in [5.74, 6) is -0.906. The highest BCUT2D eigenvalue weighted by Gasteiger charge is 2.07. The average Bonchev–Trinajstić information content (AvgIpc) is 2.03. The summed E-state index contributed by atoms with van der Waals surface area (Å²) in [4.78, 5) is 10.4. The zero-order chi connectivity index (χ0) is 9.84. The molecule has 0 aliphatic carbocycles. The number of carbonyl (C=O) groups is 1. The molecule has 0 fully saturated rings. The van der Waals surface area contributed by atoms with Gasteiger partial charge in [0.05, 0.1) is 9.99 Å². The van der Waals surface area contributed by atoms with Gasteiger partial charge in [0.2, 0.25) is 0 Å². The third-order valence-corrected chi connectivity index (χ3v) is 3.45. The normalized spacial score (nSPS) is 9.92. The van der Waals surface area contributed by atoms with Crippen LogP contribution in [0.1, 0.15) is 5.56 Å². The monoisotopic (exact) mass is 356 g/mol. The molecule has 3 nitrogen and oxygen atoms in total. The molecule has 1 rings (SSSR count). The van der Waals surface area contributed by atoms with Gasteiger partial charge >= 0.3 is 5.97 Å². The molecule has 0 atom stereocenters.